The number of hydrogen-bond donors (Lipinski definition) is 4. The summed E-state index contributed by atoms with van der Waals surface area (Å²) in [6.45, 7) is 2.81. The molecule has 0 spiro atoms. The van der Waals surface area contributed by atoms with Crippen molar-refractivity contribution in [2.75, 3.05) is 30.9 Å². The van der Waals surface area contributed by atoms with E-state index in [1.165, 1.54) is 6.20 Å². The Kier molecular flexibility index (Phi) is 6.05. The first-order valence-electron chi connectivity index (χ1n) is 7.48. The van der Waals surface area contributed by atoms with Crippen LogP contribution >= 0.6 is 0 Å². The highest BCUT2D eigenvalue weighted by molar-refractivity contribution is 5.99. The van der Waals surface area contributed by atoms with Gasteiger partial charge in [0.25, 0.3) is 5.91 Å². The van der Waals surface area contributed by atoms with Gasteiger partial charge in [-0.25, -0.2) is 9.97 Å². The Morgan fingerprint density at radius 3 is 2.83 bits per heavy atom. The van der Waals surface area contributed by atoms with E-state index in [2.05, 4.69) is 20.6 Å². The van der Waals surface area contributed by atoms with Crippen molar-refractivity contribution < 1.29 is 9.53 Å². The zero-order valence-corrected chi connectivity index (χ0v) is 13.7. The molecule has 8 nitrogen and oxygen atoms in total. The summed E-state index contributed by atoms with van der Waals surface area (Å²) in [6, 6.07) is 7.10. The maximum Gasteiger partial charge on any atom is 0.252 e. The number of methoxy groups -OCH3 is 1. The second-order valence-corrected chi connectivity index (χ2v) is 5.36. The zero-order chi connectivity index (χ0) is 17.5. The van der Waals surface area contributed by atoms with Crippen molar-refractivity contribution >= 4 is 23.2 Å². The van der Waals surface area contributed by atoms with Gasteiger partial charge in [0.2, 0.25) is 0 Å². The summed E-state index contributed by atoms with van der Waals surface area (Å²) in [6.07, 6.45) is 1.42. The number of nitrogens with two attached hydrogens (primary N) is 2. The zero-order valence-electron chi connectivity index (χ0n) is 13.7. The lowest BCUT2D eigenvalue weighted by molar-refractivity contribution is 0.100. The molecular formula is C16H22N6O2. The third-order valence-electron chi connectivity index (χ3n) is 3.25. The van der Waals surface area contributed by atoms with Crippen LogP contribution in [0.15, 0.2) is 30.5 Å². The topological polar surface area (TPSA) is 128 Å². The molecular weight excluding hydrogens is 308 g/mol. The summed E-state index contributed by atoms with van der Waals surface area (Å²) in [5.41, 5.74) is 13.0. The van der Waals surface area contributed by atoms with E-state index in [0.717, 1.165) is 5.69 Å². The smallest absolute Gasteiger partial charge is 0.252 e. The van der Waals surface area contributed by atoms with E-state index in [1.54, 1.807) is 19.2 Å². The summed E-state index contributed by atoms with van der Waals surface area (Å²) < 4.78 is 4.99. The third-order valence-corrected chi connectivity index (χ3v) is 3.25. The number of nitrogens with one attached hydrogen (secondary N) is 2. The minimum absolute atomic E-state index is 0.164. The summed E-state index contributed by atoms with van der Waals surface area (Å²) in [5.74, 6) is 0.618. The molecule has 2 aromatic heterocycles. The number of amides is 1. The number of primary amides is 1. The van der Waals surface area contributed by atoms with Crippen LogP contribution in [0.2, 0.25) is 0 Å². The predicted molar refractivity (Wildman–Crippen MR) is 93.4 cm³/mol. The number of nitrogens with zero attached hydrogens (tertiary/aromatic N) is 2. The van der Waals surface area contributed by atoms with Gasteiger partial charge in [-0.05, 0) is 19.1 Å². The van der Waals surface area contributed by atoms with Crippen molar-refractivity contribution in [1.29, 1.82) is 0 Å². The molecule has 8 heteroatoms. The number of ether oxygens (including phenoxy) is 1. The Balaban J connectivity index is 2.20. The molecule has 0 aliphatic heterocycles. The van der Waals surface area contributed by atoms with Gasteiger partial charge in [-0.2, -0.15) is 0 Å². The van der Waals surface area contributed by atoms with Crippen LogP contribution < -0.4 is 22.1 Å². The Hall–Kier alpha value is -2.71. The second-order valence-electron chi connectivity index (χ2n) is 5.36. The molecule has 0 radical (unpaired) electrons. The number of anilines is 3. The molecule has 0 bridgehead atoms. The maximum atomic E-state index is 11.6. The Bertz CT molecular complexity index is 707. The van der Waals surface area contributed by atoms with Crippen molar-refractivity contribution in [3.8, 4) is 0 Å². The Labute approximate surface area is 140 Å². The van der Waals surface area contributed by atoms with Crippen LogP contribution in [0.25, 0.3) is 0 Å². The molecule has 2 aromatic rings. The standard InChI is InChI=1S/C16H22N6O2/c1-10-4-3-5-14(21-10)22-13-6-15(19-7-11(17)9-24-2)20-8-12(13)16(18)23/h3-6,8,11H,7,9,17H2,1-2H3,(H2,18,23)(H2,19,20,21,22). The van der Waals surface area contributed by atoms with Crippen molar-refractivity contribution in [1.82, 2.24) is 9.97 Å². The first-order chi connectivity index (χ1) is 11.5. The molecule has 0 saturated carbocycles. The van der Waals surface area contributed by atoms with E-state index < -0.39 is 5.91 Å². The predicted octanol–water partition coefficient (Wildman–Crippen LogP) is 1.01. The van der Waals surface area contributed by atoms with Crippen molar-refractivity contribution in [2.24, 2.45) is 11.5 Å². The SMILES string of the molecule is COCC(N)CNc1cc(Nc2cccc(C)n2)c(C(N)=O)cn1. The van der Waals surface area contributed by atoms with E-state index >= 15 is 0 Å². The normalized spacial score (nSPS) is 11.8. The molecule has 1 atom stereocenters. The molecule has 0 aromatic carbocycles. The van der Waals surface area contributed by atoms with Gasteiger partial charge in [0.1, 0.15) is 11.6 Å². The van der Waals surface area contributed by atoms with Crippen molar-refractivity contribution in [3.63, 3.8) is 0 Å². The van der Waals surface area contributed by atoms with Gasteiger partial charge in [0, 0.05) is 37.7 Å². The number of carbonyl (C=O) groups is 1. The van der Waals surface area contributed by atoms with E-state index in [4.69, 9.17) is 16.2 Å². The van der Waals surface area contributed by atoms with E-state index in [9.17, 15) is 4.79 Å². The van der Waals surface area contributed by atoms with Gasteiger partial charge >= 0.3 is 0 Å². The molecule has 0 aliphatic rings. The van der Waals surface area contributed by atoms with Crippen LogP contribution in [-0.2, 0) is 4.74 Å². The highest BCUT2D eigenvalue weighted by Gasteiger charge is 2.12. The van der Waals surface area contributed by atoms with E-state index in [1.807, 2.05) is 19.1 Å². The fourth-order valence-corrected chi connectivity index (χ4v) is 2.11. The van der Waals surface area contributed by atoms with Gasteiger partial charge in [0.15, 0.2) is 0 Å². The van der Waals surface area contributed by atoms with Crippen LogP contribution in [-0.4, -0.2) is 42.2 Å². The molecule has 0 fully saturated rings. The third kappa shape index (κ3) is 4.90. The Morgan fingerprint density at radius 1 is 1.38 bits per heavy atom. The number of carbonyl (C=O) groups excluding carboxylic acids is 1. The first kappa shape index (κ1) is 17.6. The van der Waals surface area contributed by atoms with Gasteiger partial charge in [-0.1, -0.05) is 6.07 Å². The monoisotopic (exact) mass is 330 g/mol. The van der Waals surface area contributed by atoms with Crippen molar-refractivity contribution in [2.45, 2.75) is 13.0 Å². The van der Waals surface area contributed by atoms with Crippen LogP contribution in [0.5, 0.6) is 0 Å². The fraction of sp³-hybridized carbons (Fsp3) is 0.312. The minimum atomic E-state index is -0.569. The number of aromatic nitrogens is 2. The van der Waals surface area contributed by atoms with Gasteiger partial charge in [-0.3, -0.25) is 4.79 Å². The molecule has 1 unspecified atom stereocenters. The van der Waals surface area contributed by atoms with Crippen LogP contribution in [0, 0.1) is 6.92 Å². The van der Waals surface area contributed by atoms with Gasteiger partial charge < -0.3 is 26.8 Å². The summed E-state index contributed by atoms with van der Waals surface area (Å²) >= 11 is 0. The molecule has 0 saturated heterocycles. The molecule has 24 heavy (non-hydrogen) atoms. The molecule has 2 rings (SSSR count). The average molecular weight is 330 g/mol. The van der Waals surface area contributed by atoms with E-state index in [-0.39, 0.29) is 11.6 Å². The highest BCUT2D eigenvalue weighted by Crippen LogP contribution is 2.22. The highest BCUT2D eigenvalue weighted by atomic mass is 16.5. The number of aryl methyl sites for hydroxylation is 1. The summed E-state index contributed by atoms with van der Waals surface area (Å²) in [7, 11) is 1.59. The molecule has 1 amide bonds. The van der Waals surface area contributed by atoms with Crippen LogP contribution in [0.1, 0.15) is 16.1 Å². The maximum absolute atomic E-state index is 11.6. The molecule has 6 N–H and O–H groups in total. The van der Waals surface area contributed by atoms with Crippen molar-refractivity contribution in [3.05, 3.63) is 41.7 Å². The number of rotatable bonds is 8. The second kappa shape index (κ2) is 8.23. The largest absolute Gasteiger partial charge is 0.383 e. The molecule has 0 aliphatic carbocycles. The molecule has 2 heterocycles. The minimum Gasteiger partial charge on any atom is -0.383 e. The quantitative estimate of drug-likeness (QED) is 0.568. The van der Waals surface area contributed by atoms with Crippen LogP contribution in [0.4, 0.5) is 17.3 Å². The fourth-order valence-electron chi connectivity index (χ4n) is 2.11. The Morgan fingerprint density at radius 2 is 2.17 bits per heavy atom. The van der Waals surface area contributed by atoms with Gasteiger partial charge in [-0.15, -0.1) is 0 Å². The number of pyridine rings is 2. The lowest BCUT2D eigenvalue weighted by Gasteiger charge is -2.14. The van der Waals surface area contributed by atoms with Gasteiger partial charge in [0.05, 0.1) is 17.9 Å². The van der Waals surface area contributed by atoms with Crippen LogP contribution in [0.3, 0.4) is 0 Å². The number of hydrogen-bond acceptors (Lipinski definition) is 7. The summed E-state index contributed by atoms with van der Waals surface area (Å²) in [4.78, 5) is 20.1. The molecule has 128 valence electrons. The lowest BCUT2D eigenvalue weighted by atomic mass is 10.2. The first-order valence-corrected chi connectivity index (χ1v) is 7.48. The average Bonchev–Trinajstić information content (AvgIpc) is 2.53. The summed E-state index contributed by atoms with van der Waals surface area (Å²) in [5, 5.41) is 6.20. The lowest BCUT2D eigenvalue weighted by Crippen LogP contribution is -2.33. The van der Waals surface area contributed by atoms with E-state index in [0.29, 0.717) is 30.5 Å².